The van der Waals surface area contributed by atoms with Gasteiger partial charge in [0.2, 0.25) is 0 Å². The van der Waals surface area contributed by atoms with Gasteiger partial charge in [-0.3, -0.25) is 0 Å². The highest BCUT2D eigenvalue weighted by Gasteiger charge is 2.07. The number of nitrogens with zero attached hydrogens (tertiary/aromatic N) is 1. The van der Waals surface area contributed by atoms with Gasteiger partial charge in [-0.1, -0.05) is 56.5 Å². The predicted molar refractivity (Wildman–Crippen MR) is 126 cm³/mol. The fourth-order valence-corrected chi connectivity index (χ4v) is 3.17. The summed E-state index contributed by atoms with van der Waals surface area (Å²) in [5.74, 6) is 0.501. The van der Waals surface area contributed by atoms with E-state index in [1.54, 1.807) is 6.92 Å². The molecule has 170 valence electrons. The summed E-state index contributed by atoms with van der Waals surface area (Å²) in [5, 5.41) is 8.89. The number of hydrogen-bond acceptors (Lipinski definition) is 5. The number of rotatable bonds is 15. The summed E-state index contributed by atoms with van der Waals surface area (Å²) in [7, 11) is 0. The van der Waals surface area contributed by atoms with Crippen LogP contribution < -0.4 is 4.74 Å². The van der Waals surface area contributed by atoms with Crippen LogP contribution in [0, 0.1) is 11.3 Å². The van der Waals surface area contributed by atoms with E-state index in [2.05, 4.69) is 12.6 Å². The molecule has 0 amide bonds. The number of esters is 1. The summed E-state index contributed by atoms with van der Waals surface area (Å²) in [5.41, 5.74) is 3.23. The Morgan fingerprint density at radius 1 is 0.875 bits per heavy atom. The van der Waals surface area contributed by atoms with Crippen molar-refractivity contribution in [1.82, 2.24) is 0 Å². The Bertz CT molecular complexity index is 866. The van der Waals surface area contributed by atoms with Crippen LogP contribution in [0.15, 0.2) is 60.7 Å². The van der Waals surface area contributed by atoms with E-state index in [1.165, 1.54) is 12.8 Å². The number of benzene rings is 2. The number of nitriles is 1. The average Bonchev–Trinajstić information content (AvgIpc) is 2.83. The van der Waals surface area contributed by atoms with Crippen molar-refractivity contribution in [1.29, 1.82) is 5.26 Å². The van der Waals surface area contributed by atoms with E-state index in [0.717, 1.165) is 49.2 Å². The van der Waals surface area contributed by atoms with Crippen LogP contribution in [-0.2, 0) is 14.3 Å². The van der Waals surface area contributed by atoms with Crippen LogP contribution in [0.4, 0.5) is 0 Å². The smallest absolute Gasteiger partial charge is 0.335 e. The van der Waals surface area contributed by atoms with Crippen LogP contribution in [0.25, 0.3) is 11.1 Å². The number of unbranched alkanes of at least 4 members (excludes halogenated alkanes) is 5. The molecule has 0 heterocycles. The Kier molecular flexibility index (Phi) is 11.7. The molecule has 0 bridgehead atoms. The molecule has 0 saturated carbocycles. The minimum Gasteiger partial charge on any atom is -0.494 e. The van der Waals surface area contributed by atoms with Crippen LogP contribution in [0.5, 0.6) is 5.75 Å². The first-order chi connectivity index (χ1) is 15.6. The van der Waals surface area contributed by atoms with Crippen molar-refractivity contribution in [2.24, 2.45) is 0 Å². The third kappa shape index (κ3) is 9.36. The molecule has 2 aromatic carbocycles. The topological polar surface area (TPSA) is 68.5 Å². The zero-order valence-electron chi connectivity index (χ0n) is 19.0. The van der Waals surface area contributed by atoms with Crippen molar-refractivity contribution in [2.75, 3.05) is 26.4 Å². The highest BCUT2D eigenvalue weighted by molar-refractivity contribution is 5.87. The molecule has 5 nitrogen and oxygen atoms in total. The Labute approximate surface area is 191 Å². The van der Waals surface area contributed by atoms with Gasteiger partial charge in [-0.15, -0.1) is 0 Å². The first-order valence-electron chi connectivity index (χ1n) is 11.3. The zero-order valence-corrected chi connectivity index (χ0v) is 19.0. The maximum absolute atomic E-state index is 11.4. The fraction of sp³-hybridized carbons (Fsp3) is 0.407. The van der Waals surface area contributed by atoms with Crippen LogP contribution >= 0.6 is 0 Å². The van der Waals surface area contributed by atoms with Crippen molar-refractivity contribution in [3.8, 4) is 22.9 Å². The lowest BCUT2D eigenvalue weighted by Crippen LogP contribution is -2.12. The molecule has 2 aromatic rings. The fourth-order valence-electron chi connectivity index (χ4n) is 3.17. The van der Waals surface area contributed by atoms with E-state index in [4.69, 9.17) is 19.5 Å². The minimum atomic E-state index is -0.378. The maximum atomic E-state index is 11.4. The molecule has 0 aliphatic carbocycles. The summed E-state index contributed by atoms with van der Waals surface area (Å²) < 4.78 is 16.2. The molecule has 0 aliphatic heterocycles. The first kappa shape index (κ1) is 25.2. The van der Waals surface area contributed by atoms with Crippen molar-refractivity contribution in [3.05, 3.63) is 66.2 Å². The molecule has 0 aromatic heterocycles. The van der Waals surface area contributed by atoms with Gasteiger partial charge in [-0.05, 0) is 55.2 Å². The van der Waals surface area contributed by atoms with Gasteiger partial charge >= 0.3 is 5.97 Å². The minimum absolute atomic E-state index is 0.241. The lowest BCUT2D eigenvalue weighted by Gasteiger charge is -2.08. The SMILES string of the molecule is C=C(COCCCCCCCCOc1ccc(-c2ccc(C#N)cc2)cc1)C(=O)OCC. The van der Waals surface area contributed by atoms with Gasteiger partial charge in [0.05, 0.1) is 37.0 Å². The van der Waals surface area contributed by atoms with E-state index in [9.17, 15) is 4.79 Å². The standard InChI is InChI=1S/C27H33NO4/c1-3-31-27(29)22(2)21-30-18-8-6-4-5-7-9-19-32-26-16-14-25(15-17-26)24-12-10-23(20-28)11-13-24/h10-17H,2-9,18-19,21H2,1H3. The second-order valence-corrected chi connectivity index (χ2v) is 7.56. The van der Waals surface area contributed by atoms with Crippen molar-refractivity contribution >= 4 is 5.97 Å². The summed E-state index contributed by atoms with van der Waals surface area (Å²) in [6.07, 6.45) is 6.62. The third-order valence-corrected chi connectivity index (χ3v) is 4.99. The van der Waals surface area contributed by atoms with E-state index < -0.39 is 0 Å². The van der Waals surface area contributed by atoms with Gasteiger partial charge in [0, 0.05) is 6.61 Å². The van der Waals surface area contributed by atoms with Gasteiger partial charge in [-0.25, -0.2) is 4.79 Å². The highest BCUT2D eigenvalue weighted by atomic mass is 16.5. The van der Waals surface area contributed by atoms with Crippen LogP contribution in [-0.4, -0.2) is 32.4 Å². The maximum Gasteiger partial charge on any atom is 0.335 e. The van der Waals surface area contributed by atoms with Crippen molar-refractivity contribution in [2.45, 2.75) is 45.4 Å². The lowest BCUT2D eigenvalue weighted by molar-refractivity contribution is -0.139. The Morgan fingerprint density at radius 3 is 2.03 bits per heavy atom. The van der Waals surface area contributed by atoms with Crippen LogP contribution in [0.3, 0.4) is 0 Å². The Morgan fingerprint density at radius 2 is 1.44 bits per heavy atom. The molecule has 32 heavy (non-hydrogen) atoms. The molecule has 0 N–H and O–H groups in total. The average molecular weight is 436 g/mol. The monoisotopic (exact) mass is 435 g/mol. The van der Waals surface area contributed by atoms with E-state index in [1.807, 2.05) is 48.5 Å². The summed E-state index contributed by atoms with van der Waals surface area (Å²) >= 11 is 0. The number of carbonyl (C=O) groups excluding carboxylic acids is 1. The molecule has 2 rings (SSSR count). The number of hydrogen-bond donors (Lipinski definition) is 0. The summed E-state index contributed by atoms with van der Waals surface area (Å²) in [4.78, 5) is 11.4. The normalized spacial score (nSPS) is 10.4. The van der Waals surface area contributed by atoms with Crippen molar-refractivity contribution in [3.63, 3.8) is 0 Å². The van der Waals surface area contributed by atoms with Gasteiger partial charge in [0.1, 0.15) is 5.75 Å². The van der Waals surface area contributed by atoms with E-state index in [-0.39, 0.29) is 12.6 Å². The molecule has 0 saturated heterocycles. The third-order valence-electron chi connectivity index (χ3n) is 4.99. The van der Waals surface area contributed by atoms with E-state index >= 15 is 0 Å². The molecular weight excluding hydrogens is 402 g/mol. The van der Waals surface area contributed by atoms with Gasteiger partial charge in [-0.2, -0.15) is 5.26 Å². The molecule has 0 aliphatic rings. The Balaban J connectivity index is 1.48. The quantitative estimate of drug-likeness (QED) is 0.193. The van der Waals surface area contributed by atoms with Gasteiger partial charge in [0.15, 0.2) is 0 Å². The van der Waals surface area contributed by atoms with Gasteiger partial charge < -0.3 is 14.2 Å². The van der Waals surface area contributed by atoms with Crippen LogP contribution in [0.1, 0.15) is 51.0 Å². The largest absolute Gasteiger partial charge is 0.494 e. The predicted octanol–water partition coefficient (Wildman–Crippen LogP) is 6.08. The number of carbonyl (C=O) groups is 1. The van der Waals surface area contributed by atoms with E-state index in [0.29, 0.717) is 24.4 Å². The Hall–Kier alpha value is -3.10. The molecule has 0 unspecified atom stereocenters. The van der Waals surface area contributed by atoms with Crippen molar-refractivity contribution < 1.29 is 19.0 Å². The second-order valence-electron chi connectivity index (χ2n) is 7.56. The molecular formula is C27H33NO4. The number of ether oxygens (including phenoxy) is 3. The first-order valence-corrected chi connectivity index (χ1v) is 11.3. The summed E-state index contributed by atoms with van der Waals surface area (Å²) in [6, 6.07) is 17.8. The molecule has 0 fully saturated rings. The lowest BCUT2D eigenvalue weighted by atomic mass is 10.0. The summed E-state index contributed by atoms with van der Waals surface area (Å²) in [6.45, 7) is 7.40. The zero-order chi connectivity index (χ0) is 23.0. The second kappa shape index (κ2) is 14.8. The molecule has 0 radical (unpaired) electrons. The highest BCUT2D eigenvalue weighted by Crippen LogP contribution is 2.23. The van der Waals surface area contributed by atoms with Gasteiger partial charge in [0.25, 0.3) is 0 Å². The molecule has 5 heteroatoms. The molecule has 0 spiro atoms. The van der Waals surface area contributed by atoms with Crippen LogP contribution in [0.2, 0.25) is 0 Å². The molecule has 0 atom stereocenters.